The standard InChI is InChI=1S/C17H25NO2/c1-5-17(4,18-8-10-20-11-9-18)16(19)15-12-13(2)6-7-14(15)3/h6-7,12H,5,8-11H2,1-4H3. The van der Waals surface area contributed by atoms with Crippen molar-refractivity contribution in [3.63, 3.8) is 0 Å². The van der Waals surface area contributed by atoms with Crippen LogP contribution in [0.2, 0.25) is 0 Å². The van der Waals surface area contributed by atoms with Crippen LogP contribution in [0.25, 0.3) is 0 Å². The molecular formula is C17H25NO2. The van der Waals surface area contributed by atoms with Crippen molar-refractivity contribution in [2.45, 2.75) is 39.7 Å². The van der Waals surface area contributed by atoms with Gasteiger partial charge in [-0.2, -0.15) is 0 Å². The monoisotopic (exact) mass is 275 g/mol. The van der Waals surface area contributed by atoms with Crippen molar-refractivity contribution in [2.24, 2.45) is 0 Å². The number of ketones is 1. The summed E-state index contributed by atoms with van der Waals surface area (Å²) in [5.74, 6) is 0.239. The van der Waals surface area contributed by atoms with Crippen molar-refractivity contribution < 1.29 is 9.53 Å². The normalized spacial score (nSPS) is 19.6. The van der Waals surface area contributed by atoms with Gasteiger partial charge in [-0.25, -0.2) is 0 Å². The van der Waals surface area contributed by atoms with Crippen LogP contribution in [0, 0.1) is 13.8 Å². The van der Waals surface area contributed by atoms with Crippen molar-refractivity contribution in [2.75, 3.05) is 26.3 Å². The lowest BCUT2D eigenvalue weighted by Gasteiger charge is -2.41. The predicted molar refractivity (Wildman–Crippen MR) is 81.3 cm³/mol. The Morgan fingerprint density at radius 2 is 1.95 bits per heavy atom. The van der Waals surface area contributed by atoms with Gasteiger partial charge in [0.1, 0.15) is 0 Å². The molecule has 0 bridgehead atoms. The molecule has 0 saturated carbocycles. The van der Waals surface area contributed by atoms with Crippen molar-refractivity contribution in [3.8, 4) is 0 Å². The fourth-order valence-electron chi connectivity index (χ4n) is 2.86. The van der Waals surface area contributed by atoms with Gasteiger partial charge >= 0.3 is 0 Å². The molecule has 0 aliphatic carbocycles. The number of aryl methyl sites for hydroxylation is 2. The Kier molecular flexibility index (Phi) is 4.61. The average molecular weight is 275 g/mol. The number of hydrogen-bond acceptors (Lipinski definition) is 3. The third kappa shape index (κ3) is 2.79. The molecule has 1 aliphatic heterocycles. The van der Waals surface area contributed by atoms with Crippen LogP contribution in [0.5, 0.6) is 0 Å². The van der Waals surface area contributed by atoms with E-state index in [1.807, 2.05) is 26.0 Å². The molecular weight excluding hydrogens is 250 g/mol. The van der Waals surface area contributed by atoms with Crippen molar-refractivity contribution in [1.82, 2.24) is 4.90 Å². The zero-order valence-corrected chi connectivity index (χ0v) is 13.0. The van der Waals surface area contributed by atoms with Crippen molar-refractivity contribution >= 4 is 5.78 Å². The summed E-state index contributed by atoms with van der Waals surface area (Å²) in [4.78, 5) is 15.4. The third-order valence-electron chi connectivity index (χ3n) is 4.52. The zero-order chi connectivity index (χ0) is 14.8. The number of ether oxygens (including phenoxy) is 1. The van der Waals surface area contributed by atoms with Crippen LogP contribution >= 0.6 is 0 Å². The van der Waals surface area contributed by atoms with Crippen LogP contribution in [-0.2, 0) is 4.74 Å². The first-order valence-corrected chi connectivity index (χ1v) is 7.44. The number of carbonyl (C=O) groups is 1. The number of nitrogens with zero attached hydrogens (tertiary/aromatic N) is 1. The van der Waals surface area contributed by atoms with Crippen LogP contribution < -0.4 is 0 Å². The van der Waals surface area contributed by atoms with E-state index in [4.69, 9.17) is 4.74 Å². The number of Topliss-reactive ketones (excluding diaryl/α,β-unsaturated/α-hetero) is 1. The molecule has 0 N–H and O–H groups in total. The minimum atomic E-state index is -0.428. The fourth-order valence-corrected chi connectivity index (χ4v) is 2.86. The van der Waals surface area contributed by atoms with E-state index >= 15 is 0 Å². The lowest BCUT2D eigenvalue weighted by Crippen LogP contribution is -2.56. The second-order valence-corrected chi connectivity index (χ2v) is 5.87. The van der Waals surface area contributed by atoms with Gasteiger partial charge in [-0.05, 0) is 38.8 Å². The highest BCUT2D eigenvalue weighted by Crippen LogP contribution is 2.27. The molecule has 1 aromatic carbocycles. The number of rotatable bonds is 4. The summed E-state index contributed by atoms with van der Waals surface area (Å²) in [6, 6.07) is 6.12. The third-order valence-corrected chi connectivity index (χ3v) is 4.52. The smallest absolute Gasteiger partial charge is 0.183 e. The van der Waals surface area contributed by atoms with E-state index in [0.29, 0.717) is 0 Å². The molecule has 1 fully saturated rings. The molecule has 1 saturated heterocycles. The van der Waals surface area contributed by atoms with Crippen molar-refractivity contribution in [3.05, 3.63) is 34.9 Å². The number of carbonyl (C=O) groups excluding carboxylic acids is 1. The predicted octanol–water partition coefficient (Wildman–Crippen LogP) is 2.99. The second-order valence-electron chi connectivity index (χ2n) is 5.87. The highest BCUT2D eigenvalue weighted by Gasteiger charge is 2.39. The topological polar surface area (TPSA) is 29.5 Å². The first kappa shape index (κ1) is 15.2. The largest absolute Gasteiger partial charge is 0.379 e. The van der Waals surface area contributed by atoms with Gasteiger partial charge in [0.05, 0.1) is 18.8 Å². The van der Waals surface area contributed by atoms with Gasteiger partial charge in [0.2, 0.25) is 0 Å². The van der Waals surface area contributed by atoms with Gasteiger partial charge in [-0.1, -0.05) is 24.6 Å². The van der Waals surface area contributed by atoms with E-state index in [2.05, 4.69) is 24.8 Å². The van der Waals surface area contributed by atoms with E-state index < -0.39 is 5.54 Å². The molecule has 0 aromatic heterocycles. The lowest BCUT2D eigenvalue weighted by atomic mass is 9.84. The molecule has 1 aliphatic rings. The number of hydrogen-bond donors (Lipinski definition) is 0. The van der Waals surface area contributed by atoms with Crippen LogP contribution in [0.15, 0.2) is 18.2 Å². The Bertz CT molecular complexity index is 492. The molecule has 1 heterocycles. The highest BCUT2D eigenvalue weighted by atomic mass is 16.5. The Balaban J connectivity index is 2.34. The summed E-state index contributed by atoms with van der Waals surface area (Å²) in [5.41, 5.74) is 2.64. The van der Waals surface area contributed by atoms with E-state index in [1.165, 1.54) is 0 Å². The average Bonchev–Trinajstić information content (AvgIpc) is 2.49. The minimum Gasteiger partial charge on any atom is -0.379 e. The first-order valence-electron chi connectivity index (χ1n) is 7.44. The maximum absolute atomic E-state index is 13.1. The highest BCUT2D eigenvalue weighted by molar-refractivity contribution is 6.04. The van der Waals surface area contributed by atoms with Crippen LogP contribution in [-0.4, -0.2) is 42.5 Å². The zero-order valence-electron chi connectivity index (χ0n) is 13.0. The molecule has 3 nitrogen and oxygen atoms in total. The Morgan fingerprint density at radius 1 is 1.30 bits per heavy atom. The molecule has 20 heavy (non-hydrogen) atoms. The van der Waals surface area contributed by atoms with E-state index in [1.54, 1.807) is 0 Å². The van der Waals surface area contributed by atoms with Crippen molar-refractivity contribution in [1.29, 1.82) is 0 Å². The molecule has 2 rings (SSSR count). The Hall–Kier alpha value is -1.19. The van der Waals surface area contributed by atoms with E-state index in [9.17, 15) is 4.79 Å². The van der Waals surface area contributed by atoms with Crippen LogP contribution in [0.1, 0.15) is 41.8 Å². The molecule has 1 unspecified atom stereocenters. The van der Waals surface area contributed by atoms with Gasteiger partial charge in [-0.15, -0.1) is 0 Å². The molecule has 1 aromatic rings. The Morgan fingerprint density at radius 3 is 2.55 bits per heavy atom. The van der Waals surface area contributed by atoms with Crippen LogP contribution in [0.3, 0.4) is 0 Å². The summed E-state index contributed by atoms with van der Waals surface area (Å²) in [6.45, 7) is 11.3. The molecule has 3 heteroatoms. The van der Waals surface area contributed by atoms with Crippen LogP contribution in [0.4, 0.5) is 0 Å². The maximum Gasteiger partial charge on any atom is 0.183 e. The minimum absolute atomic E-state index is 0.239. The summed E-state index contributed by atoms with van der Waals surface area (Å²) in [5, 5.41) is 0. The van der Waals surface area contributed by atoms with Gasteiger partial charge in [-0.3, -0.25) is 9.69 Å². The summed E-state index contributed by atoms with van der Waals surface area (Å²) in [6.07, 6.45) is 0.819. The lowest BCUT2D eigenvalue weighted by molar-refractivity contribution is -0.0106. The number of benzene rings is 1. The molecule has 0 amide bonds. The number of morpholine rings is 1. The van der Waals surface area contributed by atoms with Gasteiger partial charge in [0, 0.05) is 18.7 Å². The molecule has 0 radical (unpaired) electrons. The quantitative estimate of drug-likeness (QED) is 0.791. The summed E-state index contributed by atoms with van der Waals surface area (Å²) < 4.78 is 5.41. The molecule has 0 spiro atoms. The molecule has 110 valence electrons. The fraction of sp³-hybridized carbons (Fsp3) is 0.588. The second kappa shape index (κ2) is 6.06. The van der Waals surface area contributed by atoms with Gasteiger partial charge in [0.15, 0.2) is 5.78 Å². The SMILES string of the molecule is CCC(C)(C(=O)c1cc(C)ccc1C)N1CCOCC1. The summed E-state index contributed by atoms with van der Waals surface area (Å²) >= 11 is 0. The van der Waals surface area contributed by atoms with E-state index in [-0.39, 0.29) is 5.78 Å². The summed E-state index contributed by atoms with van der Waals surface area (Å²) in [7, 11) is 0. The van der Waals surface area contributed by atoms with Gasteiger partial charge in [0.25, 0.3) is 0 Å². The maximum atomic E-state index is 13.1. The van der Waals surface area contributed by atoms with Gasteiger partial charge < -0.3 is 4.74 Å². The first-order chi connectivity index (χ1) is 9.49. The van der Waals surface area contributed by atoms with E-state index in [0.717, 1.165) is 49.4 Å². The Labute approximate surface area is 121 Å². The molecule has 1 atom stereocenters.